The van der Waals surface area contributed by atoms with Gasteiger partial charge in [0.05, 0.1) is 0 Å². The van der Waals surface area contributed by atoms with E-state index < -0.39 is 0 Å². The third-order valence-electron chi connectivity index (χ3n) is 5.63. The van der Waals surface area contributed by atoms with Crippen molar-refractivity contribution < 1.29 is 4.79 Å². The van der Waals surface area contributed by atoms with E-state index in [2.05, 4.69) is 39.5 Å². The predicted molar refractivity (Wildman–Crippen MR) is 103 cm³/mol. The maximum absolute atomic E-state index is 12.6. The van der Waals surface area contributed by atoms with Gasteiger partial charge in [0.25, 0.3) is 5.91 Å². The second kappa shape index (κ2) is 7.62. The summed E-state index contributed by atoms with van der Waals surface area (Å²) in [7, 11) is 0. The maximum Gasteiger partial charge on any atom is 0.276 e. The third kappa shape index (κ3) is 3.83. The SMILES string of the molecule is CC1CCCN(Cc2ccc(NC(=O)c3n[nH]c4c3CCCC4)cc2)C1. The van der Waals surface area contributed by atoms with Crippen LogP contribution in [-0.4, -0.2) is 34.1 Å². The molecule has 1 fully saturated rings. The maximum atomic E-state index is 12.6. The van der Waals surface area contributed by atoms with Crippen LogP contribution in [0.25, 0.3) is 0 Å². The summed E-state index contributed by atoms with van der Waals surface area (Å²) in [6.45, 7) is 5.69. The zero-order chi connectivity index (χ0) is 17.9. The number of rotatable bonds is 4. The molecule has 1 saturated heterocycles. The number of fused-ring (bicyclic) bond motifs is 1. The van der Waals surface area contributed by atoms with E-state index in [4.69, 9.17) is 0 Å². The van der Waals surface area contributed by atoms with E-state index in [1.807, 2.05) is 12.1 Å². The fraction of sp³-hybridized carbons (Fsp3) is 0.524. The summed E-state index contributed by atoms with van der Waals surface area (Å²) >= 11 is 0. The molecule has 1 aliphatic carbocycles. The van der Waals surface area contributed by atoms with Crippen LogP contribution in [0.1, 0.15) is 59.9 Å². The molecule has 1 aliphatic heterocycles. The molecular formula is C21H28N4O. The number of hydrogen-bond donors (Lipinski definition) is 2. The Balaban J connectivity index is 1.38. The van der Waals surface area contributed by atoms with Crippen molar-refractivity contribution >= 4 is 11.6 Å². The van der Waals surface area contributed by atoms with Gasteiger partial charge in [0.1, 0.15) is 0 Å². The van der Waals surface area contributed by atoms with E-state index >= 15 is 0 Å². The van der Waals surface area contributed by atoms with Crippen molar-refractivity contribution in [2.75, 3.05) is 18.4 Å². The van der Waals surface area contributed by atoms with E-state index in [-0.39, 0.29) is 5.91 Å². The Kier molecular flexibility index (Phi) is 5.07. The number of nitrogens with zero attached hydrogens (tertiary/aromatic N) is 2. The van der Waals surface area contributed by atoms with Crippen molar-refractivity contribution in [1.82, 2.24) is 15.1 Å². The zero-order valence-corrected chi connectivity index (χ0v) is 15.6. The molecule has 2 heterocycles. The summed E-state index contributed by atoms with van der Waals surface area (Å²) < 4.78 is 0. The van der Waals surface area contributed by atoms with Crippen molar-refractivity contribution in [1.29, 1.82) is 0 Å². The van der Waals surface area contributed by atoms with E-state index in [0.717, 1.165) is 48.7 Å². The highest BCUT2D eigenvalue weighted by Crippen LogP contribution is 2.23. The number of likely N-dealkylation sites (tertiary alicyclic amines) is 1. The second-order valence-electron chi connectivity index (χ2n) is 7.87. The van der Waals surface area contributed by atoms with Gasteiger partial charge in [-0.15, -0.1) is 0 Å². The van der Waals surface area contributed by atoms with Crippen LogP contribution in [0.15, 0.2) is 24.3 Å². The Hall–Kier alpha value is -2.14. The van der Waals surface area contributed by atoms with E-state index in [0.29, 0.717) is 5.69 Å². The fourth-order valence-corrected chi connectivity index (χ4v) is 4.24. The Morgan fingerprint density at radius 1 is 1.23 bits per heavy atom. The molecular weight excluding hydrogens is 324 g/mol. The van der Waals surface area contributed by atoms with Gasteiger partial charge in [0, 0.05) is 30.0 Å². The average Bonchev–Trinajstić information content (AvgIpc) is 3.08. The van der Waals surface area contributed by atoms with Crippen molar-refractivity contribution in [3.63, 3.8) is 0 Å². The molecule has 5 nitrogen and oxygen atoms in total. The number of hydrogen-bond acceptors (Lipinski definition) is 3. The van der Waals surface area contributed by atoms with Crippen molar-refractivity contribution in [2.45, 2.75) is 52.0 Å². The molecule has 1 aromatic carbocycles. The lowest BCUT2D eigenvalue weighted by atomic mass is 9.96. The predicted octanol–water partition coefficient (Wildman–Crippen LogP) is 3.77. The number of aryl methyl sites for hydroxylation is 1. The lowest BCUT2D eigenvalue weighted by Crippen LogP contribution is -2.33. The van der Waals surface area contributed by atoms with Gasteiger partial charge in [-0.05, 0) is 68.7 Å². The largest absolute Gasteiger partial charge is 0.321 e. The standard InChI is InChI=1S/C21H28N4O/c1-15-5-4-12-25(13-15)14-16-8-10-17(11-9-16)22-21(26)20-18-6-2-3-7-19(18)23-24-20/h8-11,15H,2-7,12-14H2,1H3,(H,22,26)(H,23,24). The normalized spacial score (nSPS) is 20.6. The van der Waals surface area contributed by atoms with Crippen LogP contribution >= 0.6 is 0 Å². The van der Waals surface area contributed by atoms with Crippen LogP contribution in [0, 0.1) is 5.92 Å². The lowest BCUT2D eigenvalue weighted by molar-refractivity contribution is 0.102. The van der Waals surface area contributed by atoms with Crippen LogP contribution in [0.3, 0.4) is 0 Å². The molecule has 1 atom stereocenters. The fourth-order valence-electron chi connectivity index (χ4n) is 4.24. The van der Waals surface area contributed by atoms with Gasteiger partial charge in [-0.1, -0.05) is 19.1 Å². The van der Waals surface area contributed by atoms with Gasteiger partial charge >= 0.3 is 0 Å². The topological polar surface area (TPSA) is 61.0 Å². The van der Waals surface area contributed by atoms with Crippen LogP contribution in [0.4, 0.5) is 5.69 Å². The number of benzene rings is 1. The summed E-state index contributed by atoms with van der Waals surface area (Å²) in [6.07, 6.45) is 6.90. The Labute approximate surface area is 155 Å². The minimum absolute atomic E-state index is 0.109. The monoisotopic (exact) mass is 352 g/mol. The third-order valence-corrected chi connectivity index (χ3v) is 5.63. The number of anilines is 1. The molecule has 0 saturated carbocycles. The summed E-state index contributed by atoms with van der Waals surface area (Å²) in [5, 5.41) is 10.3. The van der Waals surface area contributed by atoms with E-state index in [9.17, 15) is 4.79 Å². The summed E-state index contributed by atoms with van der Waals surface area (Å²) in [6, 6.07) is 8.24. The van der Waals surface area contributed by atoms with Crippen molar-refractivity contribution in [3.8, 4) is 0 Å². The van der Waals surface area contributed by atoms with Crippen LogP contribution < -0.4 is 5.32 Å². The van der Waals surface area contributed by atoms with Gasteiger partial charge < -0.3 is 5.32 Å². The first-order valence-electron chi connectivity index (χ1n) is 9.88. The Morgan fingerprint density at radius 2 is 2.04 bits per heavy atom. The molecule has 0 spiro atoms. The second-order valence-corrected chi connectivity index (χ2v) is 7.87. The first-order chi connectivity index (χ1) is 12.7. The number of aromatic nitrogens is 2. The summed E-state index contributed by atoms with van der Waals surface area (Å²) in [5.74, 6) is 0.684. The molecule has 1 aromatic heterocycles. The summed E-state index contributed by atoms with van der Waals surface area (Å²) in [5.41, 5.74) is 4.93. The van der Waals surface area contributed by atoms with Gasteiger partial charge in [-0.3, -0.25) is 14.8 Å². The molecule has 138 valence electrons. The molecule has 2 aliphatic rings. The first kappa shape index (κ1) is 17.3. The van der Waals surface area contributed by atoms with Gasteiger partial charge in [0.15, 0.2) is 5.69 Å². The summed E-state index contributed by atoms with van der Waals surface area (Å²) in [4.78, 5) is 15.1. The number of amides is 1. The number of carbonyl (C=O) groups is 1. The van der Waals surface area contributed by atoms with Crippen LogP contribution in [-0.2, 0) is 19.4 Å². The number of carbonyl (C=O) groups excluding carboxylic acids is 1. The molecule has 1 amide bonds. The molecule has 2 N–H and O–H groups in total. The minimum atomic E-state index is -0.109. The lowest BCUT2D eigenvalue weighted by Gasteiger charge is -2.30. The Morgan fingerprint density at radius 3 is 2.85 bits per heavy atom. The molecule has 0 radical (unpaired) electrons. The highest BCUT2D eigenvalue weighted by Gasteiger charge is 2.22. The molecule has 26 heavy (non-hydrogen) atoms. The van der Waals surface area contributed by atoms with Gasteiger partial charge in [0.2, 0.25) is 0 Å². The Bertz CT molecular complexity index is 765. The van der Waals surface area contributed by atoms with Crippen molar-refractivity contribution in [3.05, 3.63) is 46.8 Å². The number of nitrogens with one attached hydrogen (secondary N) is 2. The molecule has 0 bridgehead atoms. The molecule has 5 heteroatoms. The van der Waals surface area contributed by atoms with E-state index in [1.54, 1.807) is 0 Å². The van der Waals surface area contributed by atoms with E-state index in [1.165, 1.54) is 37.9 Å². The smallest absolute Gasteiger partial charge is 0.276 e. The minimum Gasteiger partial charge on any atom is -0.321 e. The highest BCUT2D eigenvalue weighted by atomic mass is 16.1. The quantitative estimate of drug-likeness (QED) is 0.880. The molecule has 1 unspecified atom stereocenters. The van der Waals surface area contributed by atoms with Gasteiger partial charge in [-0.25, -0.2) is 0 Å². The number of H-pyrrole nitrogens is 1. The number of aromatic amines is 1. The molecule has 4 rings (SSSR count). The van der Waals surface area contributed by atoms with Crippen molar-refractivity contribution in [2.24, 2.45) is 5.92 Å². The number of piperidine rings is 1. The first-order valence-corrected chi connectivity index (χ1v) is 9.88. The average molecular weight is 352 g/mol. The van der Waals surface area contributed by atoms with Crippen LogP contribution in [0.2, 0.25) is 0 Å². The van der Waals surface area contributed by atoms with Gasteiger partial charge in [-0.2, -0.15) is 5.10 Å². The zero-order valence-electron chi connectivity index (χ0n) is 15.6. The van der Waals surface area contributed by atoms with Crippen LogP contribution in [0.5, 0.6) is 0 Å². The highest BCUT2D eigenvalue weighted by molar-refractivity contribution is 6.04. The molecule has 2 aromatic rings.